The van der Waals surface area contributed by atoms with E-state index in [4.69, 9.17) is 0 Å². The molecule has 1 heterocycles. The van der Waals surface area contributed by atoms with E-state index in [0.717, 1.165) is 11.9 Å². The fraction of sp³-hybridized carbons (Fsp3) is 0.0476. The van der Waals surface area contributed by atoms with Gasteiger partial charge in [0.15, 0.2) is 0 Å². The topological polar surface area (TPSA) is 12.9 Å². The van der Waals surface area contributed by atoms with Gasteiger partial charge in [0.1, 0.15) is 0 Å². The van der Waals surface area contributed by atoms with Gasteiger partial charge in [0.25, 0.3) is 0 Å². The number of pyridine rings is 1. The Kier molecular flexibility index (Phi) is 8.29. The van der Waals surface area contributed by atoms with Crippen LogP contribution in [-0.4, -0.2) is 4.98 Å². The molecular formula is C21H16Cl2CrN. The largest absolute Gasteiger partial charge is 3.00 e. The van der Waals surface area contributed by atoms with E-state index in [1.807, 2.05) is 12.3 Å². The Bertz CT molecular complexity index is 914. The maximum absolute atomic E-state index is 4.55. The maximum Gasteiger partial charge on any atom is 3.00 e. The quantitative estimate of drug-likeness (QED) is 0.408. The van der Waals surface area contributed by atoms with Crippen LogP contribution in [0.3, 0.4) is 0 Å². The third-order valence-electron chi connectivity index (χ3n) is 4.01. The van der Waals surface area contributed by atoms with Crippen molar-refractivity contribution in [3.05, 3.63) is 96.2 Å². The fourth-order valence-electron chi connectivity index (χ4n) is 2.94. The molecule has 4 rings (SSSR count). The van der Waals surface area contributed by atoms with Gasteiger partial charge in [-0.1, -0.05) is 65.2 Å². The van der Waals surface area contributed by atoms with Gasteiger partial charge in [-0.3, -0.25) is 4.98 Å². The SMILES string of the molecule is [Cl-].[Cl-].[Cr+3].c1ccc(Cc2cc[c-](-c3cccc4cccnc34)c2)cc1. The monoisotopic (exact) mass is 404 g/mol. The van der Waals surface area contributed by atoms with Crippen molar-refractivity contribution in [1.29, 1.82) is 0 Å². The van der Waals surface area contributed by atoms with E-state index < -0.39 is 0 Å². The van der Waals surface area contributed by atoms with Crippen molar-refractivity contribution in [2.24, 2.45) is 0 Å². The van der Waals surface area contributed by atoms with Crippen LogP contribution in [0.25, 0.3) is 22.0 Å². The molecule has 4 aromatic rings. The van der Waals surface area contributed by atoms with E-state index in [0.29, 0.717) is 0 Å². The molecule has 0 N–H and O–H groups in total. The Labute approximate surface area is 171 Å². The minimum Gasteiger partial charge on any atom is -1.00 e. The molecule has 125 valence electrons. The van der Waals surface area contributed by atoms with E-state index in [-0.39, 0.29) is 42.2 Å². The van der Waals surface area contributed by atoms with Gasteiger partial charge in [0.2, 0.25) is 0 Å². The Morgan fingerprint density at radius 2 is 1.52 bits per heavy atom. The van der Waals surface area contributed by atoms with E-state index in [2.05, 4.69) is 77.8 Å². The van der Waals surface area contributed by atoms with Crippen LogP contribution in [0.4, 0.5) is 0 Å². The van der Waals surface area contributed by atoms with E-state index >= 15 is 0 Å². The molecule has 3 aromatic carbocycles. The van der Waals surface area contributed by atoms with Crippen LogP contribution in [0, 0.1) is 0 Å². The number of halogens is 2. The number of hydrogen-bond acceptors (Lipinski definition) is 1. The molecule has 1 aromatic heterocycles. The van der Waals surface area contributed by atoms with Crippen molar-refractivity contribution in [2.45, 2.75) is 6.42 Å². The molecule has 1 radical (unpaired) electrons. The van der Waals surface area contributed by atoms with Crippen molar-refractivity contribution in [1.82, 2.24) is 4.98 Å². The molecule has 0 fully saturated rings. The van der Waals surface area contributed by atoms with Crippen LogP contribution in [0.2, 0.25) is 0 Å². The van der Waals surface area contributed by atoms with Gasteiger partial charge < -0.3 is 24.8 Å². The average Bonchev–Trinajstić information content (AvgIpc) is 3.03. The molecule has 0 aliphatic heterocycles. The Morgan fingerprint density at radius 3 is 2.32 bits per heavy atom. The average molecular weight is 405 g/mol. The number of fused-ring (bicyclic) bond motifs is 1. The van der Waals surface area contributed by atoms with Gasteiger partial charge in [0.05, 0.1) is 0 Å². The van der Waals surface area contributed by atoms with E-state index in [1.54, 1.807) is 0 Å². The minimum atomic E-state index is 0. The summed E-state index contributed by atoms with van der Waals surface area (Å²) in [4.78, 5) is 4.55. The molecule has 0 atom stereocenters. The Balaban J connectivity index is 0.00000104. The molecule has 25 heavy (non-hydrogen) atoms. The molecule has 1 nitrogen and oxygen atoms in total. The smallest absolute Gasteiger partial charge is 1.00 e. The fourth-order valence-corrected chi connectivity index (χ4v) is 2.94. The number of aromatic nitrogens is 1. The van der Waals surface area contributed by atoms with Gasteiger partial charge in [-0.05, 0) is 17.9 Å². The normalized spacial score (nSPS) is 9.60. The van der Waals surface area contributed by atoms with Gasteiger partial charge in [-0.15, -0.1) is 29.8 Å². The van der Waals surface area contributed by atoms with Crippen molar-refractivity contribution in [3.8, 4) is 11.1 Å². The van der Waals surface area contributed by atoms with Crippen LogP contribution in [0.5, 0.6) is 0 Å². The van der Waals surface area contributed by atoms with Crippen LogP contribution in [0.1, 0.15) is 11.1 Å². The summed E-state index contributed by atoms with van der Waals surface area (Å²) in [5, 5.41) is 1.19. The van der Waals surface area contributed by atoms with Gasteiger partial charge in [0, 0.05) is 11.7 Å². The summed E-state index contributed by atoms with van der Waals surface area (Å²) in [5.74, 6) is 0. The number of rotatable bonds is 3. The van der Waals surface area contributed by atoms with Crippen molar-refractivity contribution < 1.29 is 42.2 Å². The summed E-state index contributed by atoms with van der Waals surface area (Å²) in [5.41, 5.74) is 6.21. The van der Waals surface area contributed by atoms with Crippen LogP contribution < -0.4 is 24.8 Å². The van der Waals surface area contributed by atoms with Crippen LogP contribution in [-0.2, 0) is 23.8 Å². The van der Waals surface area contributed by atoms with Crippen molar-refractivity contribution in [2.75, 3.05) is 0 Å². The van der Waals surface area contributed by atoms with Gasteiger partial charge in [-0.2, -0.15) is 0 Å². The van der Waals surface area contributed by atoms with E-state index in [1.165, 1.54) is 27.6 Å². The molecule has 4 heteroatoms. The summed E-state index contributed by atoms with van der Waals surface area (Å²) in [6.45, 7) is 0. The number of hydrogen-bond donors (Lipinski definition) is 0. The van der Waals surface area contributed by atoms with Crippen LogP contribution in [0.15, 0.2) is 85.1 Å². The Morgan fingerprint density at radius 1 is 0.760 bits per heavy atom. The zero-order valence-electron chi connectivity index (χ0n) is 13.4. The molecule has 0 aliphatic carbocycles. The second-order valence-corrected chi connectivity index (χ2v) is 5.55. The summed E-state index contributed by atoms with van der Waals surface area (Å²) < 4.78 is 0. The standard InChI is InChI=1S/C21H16N.2ClH.Cr/c1-2-6-16(7-3-1)14-17-11-12-19(15-17)20-10-4-8-18-9-5-13-22-21(18)20;;;/h1-13,15H,14H2;2*1H;/q-1;;;+3/p-2. The van der Waals surface area contributed by atoms with E-state index in [9.17, 15) is 0 Å². The Hall–Kier alpha value is -1.69. The first-order valence-corrected chi connectivity index (χ1v) is 7.54. The third-order valence-corrected chi connectivity index (χ3v) is 4.01. The minimum absolute atomic E-state index is 0. The summed E-state index contributed by atoms with van der Waals surface area (Å²) in [6.07, 6.45) is 2.83. The summed E-state index contributed by atoms with van der Waals surface area (Å²) >= 11 is 0. The molecule has 0 amide bonds. The van der Waals surface area contributed by atoms with Gasteiger partial charge in [-0.25, -0.2) is 0 Å². The molecule has 0 unspecified atom stereocenters. The molecular weight excluding hydrogens is 389 g/mol. The molecule has 0 aliphatic rings. The first-order chi connectivity index (χ1) is 10.9. The van der Waals surface area contributed by atoms with Crippen molar-refractivity contribution in [3.63, 3.8) is 0 Å². The summed E-state index contributed by atoms with van der Waals surface area (Å²) in [7, 11) is 0. The number of nitrogens with zero attached hydrogens (tertiary/aromatic N) is 1. The number of benzene rings is 2. The first kappa shape index (κ1) is 21.4. The van der Waals surface area contributed by atoms with Gasteiger partial charge >= 0.3 is 17.4 Å². The zero-order chi connectivity index (χ0) is 14.8. The van der Waals surface area contributed by atoms with Crippen molar-refractivity contribution >= 4 is 10.9 Å². The second kappa shape index (κ2) is 9.71. The molecule has 0 saturated heterocycles. The second-order valence-electron chi connectivity index (χ2n) is 5.55. The molecule has 0 saturated carbocycles. The third kappa shape index (κ3) is 4.69. The maximum atomic E-state index is 4.55. The first-order valence-electron chi connectivity index (χ1n) is 7.54. The zero-order valence-corrected chi connectivity index (χ0v) is 16.2. The molecule has 0 spiro atoms. The van der Waals surface area contributed by atoms with Crippen LogP contribution >= 0.6 is 0 Å². The summed E-state index contributed by atoms with van der Waals surface area (Å²) in [6, 6.07) is 27.7. The predicted molar refractivity (Wildman–Crippen MR) is 92.0 cm³/mol. The number of para-hydroxylation sites is 1. The predicted octanol–water partition coefficient (Wildman–Crippen LogP) is -0.783. The molecule has 0 bridgehead atoms.